The number of thioether (sulfide) groups is 1. The number of carbonyl (C=O) groups excluding carboxylic acids is 1. The lowest BCUT2D eigenvalue weighted by atomic mass is 10.1. The van der Waals surface area contributed by atoms with E-state index < -0.39 is 0 Å². The Hall–Kier alpha value is -0.950. The van der Waals surface area contributed by atoms with E-state index in [1.807, 2.05) is 26.2 Å². The van der Waals surface area contributed by atoms with Crippen molar-refractivity contribution in [3.05, 3.63) is 11.6 Å². The minimum absolute atomic E-state index is 0.0758. The zero-order valence-corrected chi connectivity index (χ0v) is 10.9. The molecule has 0 radical (unpaired) electrons. The van der Waals surface area contributed by atoms with Crippen LogP contribution >= 0.6 is 11.8 Å². The molecule has 0 N–H and O–H groups in total. The largest absolute Gasteiger partial charge is 0.454 e. The predicted octanol–water partition coefficient (Wildman–Crippen LogP) is 2.59. The maximum atomic E-state index is 11.7. The van der Waals surface area contributed by atoms with Gasteiger partial charge in [0.25, 0.3) is 0 Å². The third kappa shape index (κ3) is 2.59. The van der Waals surface area contributed by atoms with Crippen molar-refractivity contribution in [1.29, 1.82) is 5.26 Å². The number of ether oxygens (including phenoxy) is 1. The maximum Gasteiger partial charge on any atom is 0.310 e. The molecule has 0 aromatic heterocycles. The molecule has 0 aromatic carbocycles. The Morgan fingerprint density at radius 3 is 2.75 bits per heavy atom. The van der Waals surface area contributed by atoms with Gasteiger partial charge >= 0.3 is 5.97 Å². The van der Waals surface area contributed by atoms with Gasteiger partial charge < -0.3 is 4.74 Å². The summed E-state index contributed by atoms with van der Waals surface area (Å²) in [7, 11) is 0. The van der Waals surface area contributed by atoms with E-state index in [0.29, 0.717) is 11.5 Å². The van der Waals surface area contributed by atoms with Gasteiger partial charge in [0, 0.05) is 5.57 Å². The molecule has 1 aliphatic carbocycles. The second kappa shape index (κ2) is 4.92. The molecule has 2 atom stereocenters. The normalized spacial score (nSPS) is 27.1. The molecule has 16 heavy (non-hydrogen) atoms. The highest BCUT2D eigenvalue weighted by Crippen LogP contribution is 2.59. The van der Waals surface area contributed by atoms with Crippen LogP contribution in [0.4, 0.5) is 0 Å². The fraction of sp³-hybridized carbons (Fsp3) is 0.667. The van der Waals surface area contributed by atoms with Crippen LogP contribution in [0.5, 0.6) is 0 Å². The van der Waals surface area contributed by atoms with Gasteiger partial charge in [-0.05, 0) is 24.5 Å². The number of nitrogens with zero attached hydrogens (tertiary/aromatic N) is 1. The van der Waals surface area contributed by atoms with Crippen molar-refractivity contribution in [3.8, 4) is 6.07 Å². The summed E-state index contributed by atoms with van der Waals surface area (Å²) in [5, 5.41) is 8.71. The zero-order chi connectivity index (χ0) is 12.3. The third-order valence-corrected chi connectivity index (χ3v) is 3.44. The summed E-state index contributed by atoms with van der Waals surface area (Å²) in [6, 6.07) is 2.08. The Balaban J connectivity index is 2.64. The zero-order valence-electron chi connectivity index (χ0n) is 10.1. The molecule has 0 heterocycles. The molecule has 0 bridgehead atoms. The Kier molecular flexibility index (Phi) is 4.03. The van der Waals surface area contributed by atoms with Crippen LogP contribution in [-0.4, -0.2) is 18.2 Å². The molecule has 1 rings (SSSR count). The van der Waals surface area contributed by atoms with Gasteiger partial charge in [-0.3, -0.25) is 4.79 Å². The van der Waals surface area contributed by atoms with Crippen molar-refractivity contribution in [2.24, 2.45) is 17.3 Å². The van der Waals surface area contributed by atoms with E-state index in [-0.39, 0.29) is 23.2 Å². The van der Waals surface area contributed by atoms with Gasteiger partial charge in [0.05, 0.1) is 12.0 Å². The van der Waals surface area contributed by atoms with Crippen molar-refractivity contribution in [3.63, 3.8) is 0 Å². The number of rotatable bonds is 4. The smallest absolute Gasteiger partial charge is 0.310 e. The first-order valence-corrected chi connectivity index (χ1v) is 6.58. The summed E-state index contributed by atoms with van der Waals surface area (Å²) in [6.45, 7) is 5.83. The lowest BCUT2D eigenvalue weighted by molar-refractivity contribution is -0.143. The molecule has 88 valence electrons. The quantitative estimate of drug-likeness (QED) is 0.430. The molecule has 0 aromatic rings. The van der Waals surface area contributed by atoms with Gasteiger partial charge in [-0.2, -0.15) is 5.26 Å². The average molecular weight is 239 g/mol. The Morgan fingerprint density at radius 2 is 2.25 bits per heavy atom. The molecule has 4 heteroatoms. The molecule has 0 spiro atoms. The number of hydrogen-bond donors (Lipinski definition) is 0. The van der Waals surface area contributed by atoms with Crippen molar-refractivity contribution in [2.75, 3.05) is 12.2 Å². The molecular formula is C12H17NO2S. The lowest BCUT2D eigenvalue weighted by Gasteiger charge is -2.02. The first kappa shape index (κ1) is 13.1. The topological polar surface area (TPSA) is 50.1 Å². The molecule has 1 saturated carbocycles. The minimum atomic E-state index is -0.147. The maximum absolute atomic E-state index is 11.7. The molecular weight excluding hydrogens is 222 g/mol. The van der Waals surface area contributed by atoms with Gasteiger partial charge in [0.15, 0.2) is 0 Å². The van der Waals surface area contributed by atoms with Crippen molar-refractivity contribution >= 4 is 17.7 Å². The first-order chi connectivity index (χ1) is 7.45. The first-order valence-electron chi connectivity index (χ1n) is 5.19. The highest BCUT2D eigenvalue weighted by molar-refractivity contribution is 7.98. The molecule has 2 unspecified atom stereocenters. The second-order valence-corrected chi connectivity index (χ2v) is 5.47. The molecule has 0 saturated heterocycles. The summed E-state index contributed by atoms with van der Waals surface area (Å²) in [5.74, 6) is 0.301. The lowest BCUT2D eigenvalue weighted by Crippen LogP contribution is -2.10. The summed E-state index contributed by atoms with van der Waals surface area (Å²) in [6.07, 6.45) is 3.77. The van der Waals surface area contributed by atoms with E-state index in [2.05, 4.69) is 6.07 Å². The van der Waals surface area contributed by atoms with Crippen LogP contribution in [0, 0.1) is 28.6 Å². The minimum Gasteiger partial charge on any atom is -0.454 e. The number of allylic oxidation sites excluding steroid dienone is 2. The number of nitriles is 1. The average Bonchev–Trinajstić information content (AvgIpc) is 2.77. The second-order valence-electron chi connectivity index (χ2n) is 4.66. The Labute approximate surface area is 101 Å². The van der Waals surface area contributed by atoms with E-state index in [9.17, 15) is 4.79 Å². The van der Waals surface area contributed by atoms with E-state index in [1.165, 1.54) is 11.8 Å². The monoisotopic (exact) mass is 239 g/mol. The molecule has 1 aliphatic rings. The summed E-state index contributed by atoms with van der Waals surface area (Å²) < 4.78 is 5.11. The summed E-state index contributed by atoms with van der Waals surface area (Å²) in [5.41, 5.74) is 0.589. The Morgan fingerprint density at radius 1 is 1.62 bits per heavy atom. The van der Waals surface area contributed by atoms with Gasteiger partial charge in [-0.1, -0.05) is 19.9 Å². The van der Waals surface area contributed by atoms with E-state index in [4.69, 9.17) is 10.00 Å². The molecule has 0 aliphatic heterocycles. The fourth-order valence-corrected chi connectivity index (χ4v) is 2.19. The summed E-state index contributed by atoms with van der Waals surface area (Å²) in [4.78, 5) is 11.7. The van der Waals surface area contributed by atoms with E-state index in [1.54, 1.807) is 6.92 Å². The SMILES string of the molecule is CSCOC(=O)C1C(C=C(C)C#N)C1(C)C. The van der Waals surface area contributed by atoms with Gasteiger partial charge in [0.1, 0.15) is 5.94 Å². The predicted molar refractivity (Wildman–Crippen MR) is 64.6 cm³/mol. The van der Waals surface area contributed by atoms with Gasteiger partial charge in [-0.15, -0.1) is 11.8 Å². The van der Waals surface area contributed by atoms with E-state index in [0.717, 1.165) is 0 Å². The van der Waals surface area contributed by atoms with Crippen molar-refractivity contribution in [1.82, 2.24) is 0 Å². The van der Waals surface area contributed by atoms with Crippen LogP contribution in [0.1, 0.15) is 20.8 Å². The molecule has 0 amide bonds. The van der Waals surface area contributed by atoms with Crippen LogP contribution in [0.25, 0.3) is 0 Å². The van der Waals surface area contributed by atoms with Crippen LogP contribution in [0.15, 0.2) is 11.6 Å². The molecule has 1 fully saturated rings. The fourth-order valence-electron chi connectivity index (χ4n) is 1.95. The molecule has 3 nitrogen and oxygen atoms in total. The Bertz CT molecular complexity index is 355. The number of carbonyl (C=O) groups is 1. The van der Waals surface area contributed by atoms with Crippen LogP contribution in [-0.2, 0) is 9.53 Å². The van der Waals surface area contributed by atoms with Crippen LogP contribution in [0.3, 0.4) is 0 Å². The van der Waals surface area contributed by atoms with Crippen LogP contribution < -0.4 is 0 Å². The standard InChI is InChI=1S/C12H17NO2S/c1-8(6-13)5-9-10(12(9,2)3)11(14)15-7-16-4/h5,9-10H,7H2,1-4H3. The highest BCUT2D eigenvalue weighted by Gasteiger charge is 2.61. The van der Waals surface area contributed by atoms with E-state index >= 15 is 0 Å². The number of esters is 1. The number of hydrogen-bond acceptors (Lipinski definition) is 4. The summed E-state index contributed by atoms with van der Waals surface area (Å²) >= 11 is 1.48. The third-order valence-electron chi connectivity index (χ3n) is 3.09. The highest BCUT2D eigenvalue weighted by atomic mass is 32.2. The van der Waals surface area contributed by atoms with Crippen molar-refractivity contribution < 1.29 is 9.53 Å². The van der Waals surface area contributed by atoms with Gasteiger partial charge in [-0.25, -0.2) is 0 Å². The van der Waals surface area contributed by atoms with Crippen LogP contribution in [0.2, 0.25) is 0 Å². The van der Waals surface area contributed by atoms with Crippen molar-refractivity contribution in [2.45, 2.75) is 20.8 Å². The van der Waals surface area contributed by atoms with Gasteiger partial charge in [0.2, 0.25) is 0 Å².